The molecule has 0 aliphatic carbocycles. The Morgan fingerprint density at radius 3 is 2.41 bits per heavy atom. The van der Waals surface area contributed by atoms with E-state index in [1.54, 1.807) is 0 Å². The first-order chi connectivity index (χ1) is 13.7. The summed E-state index contributed by atoms with van der Waals surface area (Å²) in [5, 5.41) is 13.4. The van der Waals surface area contributed by atoms with Crippen LogP contribution in [0.3, 0.4) is 0 Å². The Hall–Kier alpha value is -2.49. The highest BCUT2D eigenvalue weighted by Crippen LogP contribution is 2.25. The van der Waals surface area contributed by atoms with Crippen molar-refractivity contribution in [3.8, 4) is 0 Å². The molecule has 156 valence electrons. The van der Waals surface area contributed by atoms with Crippen LogP contribution in [0.1, 0.15) is 43.0 Å². The minimum atomic E-state index is -3.62. The van der Waals surface area contributed by atoms with Gasteiger partial charge in [0.2, 0.25) is 10.0 Å². The minimum absolute atomic E-state index is 0.0616. The van der Waals surface area contributed by atoms with Gasteiger partial charge in [0.25, 0.3) is 11.6 Å². The van der Waals surface area contributed by atoms with Gasteiger partial charge in [0.1, 0.15) is 5.02 Å². The van der Waals surface area contributed by atoms with E-state index in [0.29, 0.717) is 12.2 Å². The second-order valence-corrected chi connectivity index (χ2v) is 8.53. The molecular weight excluding hydrogens is 418 g/mol. The van der Waals surface area contributed by atoms with Gasteiger partial charge in [-0.25, -0.2) is 13.1 Å². The van der Waals surface area contributed by atoms with Gasteiger partial charge in [-0.1, -0.05) is 37.8 Å². The molecule has 0 saturated carbocycles. The predicted octanol–water partition coefficient (Wildman–Crippen LogP) is 4.36. The fourth-order valence-electron chi connectivity index (χ4n) is 2.56. The van der Waals surface area contributed by atoms with Gasteiger partial charge in [0.05, 0.1) is 9.82 Å². The smallest absolute Gasteiger partial charge is 0.288 e. The molecule has 2 N–H and O–H groups in total. The molecule has 2 rings (SSSR count). The van der Waals surface area contributed by atoms with E-state index in [1.807, 2.05) is 0 Å². The lowest BCUT2D eigenvalue weighted by molar-refractivity contribution is -0.384. The van der Waals surface area contributed by atoms with Crippen molar-refractivity contribution in [2.24, 2.45) is 0 Å². The minimum Gasteiger partial charge on any atom is -0.322 e. The number of benzene rings is 2. The van der Waals surface area contributed by atoms with Gasteiger partial charge >= 0.3 is 0 Å². The van der Waals surface area contributed by atoms with E-state index >= 15 is 0 Å². The van der Waals surface area contributed by atoms with Gasteiger partial charge in [-0.3, -0.25) is 14.9 Å². The summed E-state index contributed by atoms with van der Waals surface area (Å²) in [6.07, 6.45) is 3.87. The molecule has 0 unspecified atom stereocenters. The lowest BCUT2D eigenvalue weighted by Gasteiger charge is -2.09. The van der Waals surface area contributed by atoms with Crippen LogP contribution in [-0.2, 0) is 10.0 Å². The summed E-state index contributed by atoms with van der Waals surface area (Å²) in [7, 11) is -3.62. The van der Waals surface area contributed by atoms with E-state index in [4.69, 9.17) is 11.6 Å². The molecule has 2 aromatic rings. The Bertz CT molecular complexity index is 978. The van der Waals surface area contributed by atoms with E-state index in [1.165, 1.54) is 36.4 Å². The Balaban J connectivity index is 2.02. The summed E-state index contributed by atoms with van der Waals surface area (Å²) in [5.74, 6) is -0.575. The number of carbonyl (C=O) groups excluding carboxylic acids is 1. The van der Waals surface area contributed by atoms with E-state index in [2.05, 4.69) is 17.0 Å². The fourth-order valence-corrected chi connectivity index (χ4v) is 3.82. The van der Waals surface area contributed by atoms with E-state index in [0.717, 1.165) is 31.7 Å². The van der Waals surface area contributed by atoms with E-state index in [-0.39, 0.29) is 21.2 Å². The third kappa shape index (κ3) is 6.52. The third-order valence-electron chi connectivity index (χ3n) is 4.15. The van der Waals surface area contributed by atoms with Crippen molar-refractivity contribution in [2.45, 2.75) is 37.5 Å². The number of nitro groups is 1. The number of carbonyl (C=O) groups is 1. The number of nitro benzene ring substituents is 1. The van der Waals surface area contributed by atoms with Crippen LogP contribution in [0.5, 0.6) is 0 Å². The molecular formula is C19H22ClN3O5S. The molecule has 0 heterocycles. The first kappa shape index (κ1) is 22.8. The maximum Gasteiger partial charge on any atom is 0.288 e. The zero-order valence-corrected chi connectivity index (χ0v) is 17.4. The summed E-state index contributed by atoms with van der Waals surface area (Å²) < 4.78 is 27.1. The Kier molecular flexibility index (Phi) is 8.12. The van der Waals surface area contributed by atoms with Crippen molar-refractivity contribution < 1.29 is 18.1 Å². The van der Waals surface area contributed by atoms with Crippen molar-refractivity contribution in [3.63, 3.8) is 0 Å². The van der Waals surface area contributed by atoms with Crippen LogP contribution in [0.25, 0.3) is 0 Å². The number of sulfonamides is 1. The Morgan fingerprint density at radius 2 is 1.79 bits per heavy atom. The number of nitrogens with one attached hydrogen (secondary N) is 2. The highest BCUT2D eigenvalue weighted by Gasteiger charge is 2.17. The summed E-state index contributed by atoms with van der Waals surface area (Å²) in [4.78, 5) is 22.7. The van der Waals surface area contributed by atoms with Gasteiger partial charge in [0.15, 0.2) is 0 Å². The zero-order chi connectivity index (χ0) is 21.4. The predicted molar refractivity (Wildman–Crippen MR) is 112 cm³/mol. The molecule has 0 aliphatic rings. The van der Waals surface area contributed by atoms with Gasteiger partial charge < -0.3 is 5.32 Å². The highest BCUT2D eigenvalue weighted by atomic mass is 35.5. The molecule has 1 amide bonds. The van der Waals surface area contributed by atoms with E-state index < -0.39 is 20.9 Å². The molecule has 0 bridgehead atoms. The van der Waals surface area contributed by atoms with Crippen LogP contribution in [0.15, 0.2) is 47.4 Å². The first-order valence-corrected chi connectivity index (χ1v) is 11.0. The molecule has 0 fully saturated rings. The van der Waals surface area contributed by atoms with Crippen molar-refractivity contribution in [2.75, 3.05) is 11.9 Å². The van der Waals surface area contributed by atoms with Gasteiger partial charge in [-0.15, -0.1) is 0 Å². The molecule has 0 atom stereocenters. The van der Waals surface area contributed by atoms with Crippen molar-refractivity contribution >= 4 is 38.9 Å². The summed E-state index contributed by atoms with van der Waals surface area (Å²) >= 11 is 5.74. The standard InChI is InChI=1S/C19H22ClN3O5S/c1-2-3-4-5-12-21-29(27,28)16-9-7-15(8-10-16)22-19(24)14-6-11-17(20)18(13-14)23(25)26/h6-11,13,21H,2-5,12H2,1H3,(H,22,24). The number of nitrogens with zero attached hydrogens (tertiary/aromatic N) is 1. The molecule has 0 saturated heterocycles. The largest absolute Gasteiger partial charge is 0.322 e. The zero-order valence-electron chi connectivity index (χ0n) is 15.9. The van der Waals surface area contributed by atoms with E-state index in [9.17, 15) is 23.3 Å². The number of hydrogen-bond acceptors (Lipinski definition) is 5. The summed E-state index contributed by atoms with van der Waals surface area (Å²) in [6, 6.07) is 9.39. The lowest BCUT2D eigenvalue weighted by Crippen LogP contribution is -2.24. The van der Waals surface area contributed by atoms with Gasteiger partial charge in [-0.2, -0.15) is 0 Å². The quantitative estimate of drug-likeness (QED) is 0.324. The molecule has 2 aromatic carbocycles. The van der Waals surface area contributed by atoms with Crippen molar-refractivity contribution in [1.82, 2.24) is 4.72 Å². The SMILES string of the molecule is CCCCCCNS(=O)(=O)c1ccc(NC(=O)c2ccc(Cl)c([N+](=O)[O-])c2)cc1. The van der Waals surface area contributed by atoms with Crippen LogP contribution < -0.4 is 10.0 Å². The molecule has 0 radical (unpaired) electrons. The third-order valence-corrected chi connectivity index (χ3v) is 5.95. The Labute approximate surface area is 174 Å². The maximum absolute atomic E-state index is 12.3. The van der Waals surface area contributed by atoms with Crippen LogP contribution in [0, 0.1) is 10.1 Å². The fraction of sp³-hybridized carbons (Fsp3) is 0.316. The number of rotatable bonds is 10. The number of hydrogen-bond donors (Lipinski definition) is 2. The second kappa shape index (κ2) is 10.3. The van der Waals surface area contributed by atoms with Crippen molar-refractivity contribution in [1.29, 1.82) is 0 Å². The average Bonchev–Trinajstić information content (AvgIpc) is 2.68. The second-order valence-electron chi connectivity index (χ2n) is 6.36. The van der Waals surface area contributed by atoms with Crippen molar-refractivity contribution in [3.05, 3.63) is 63.2 Å². The summed E-state index contributed by atoms with van der Waals surface area (Å²) in [5.41, 5.74) is 0.0480. The maximum atomic E-state index is 12.3. The highest BCUT2D eigenvalue weighted by molar-refractivity contribution is 7.89. The van der Waals surface area contributed by atoms with Gasteiger partial charge in [0, 0.05) is 23.9 Å². The number of amides is 1. The lowest BCUT2D eigenvalue weighted by atomic mass is 10.2. The normalized spacial score (nSPS) is 11.2. The number of anilines is 1. The molecule has 10 heteroatoms. The molecule has 0 aromatic heterocycles. The topological polar surface area (TPSA) is 118 Å². The molecule has 8 nitrogen and oxygen atoms in total. The van der Waals surface area contributed by atoms with Gasteiger partial charge in [-0.05, 0) is 42.8 Å². The Morgan fingerprint density at radius 1 is 1.10 bits per heavy atom. The molecule has 0 aliphatic heterocycles. The number of unbranched alkanes of at least 4 members (excludes halogenated alkanes) is 3. The van der Waals surface area contributed by atoms with Crippen LogP contribution in [0.4, 0.5) is 11.4 Å². The average molecular weight is 440 g/mol. The monoisotopic (exact) mass is 439 g/mol. The first-order valence-electron chi connectivity index (χ1n) is 9.09. The molecule has 29 heavy (non-hydrogen) atoms. The van der Waals surface area contributed by atoms with Crippen LogP contribution >= 0.6 is 11.6 Å². The van der Waals surface area contributed by atoms with Crippen LogP contribution in [0.2, 0.25) is 5.02 Å². The molecule has 0 spiro atoms. The summed E-state index contributed by atoms with van der Waals surface area (Å²) in [6.45, 7) is 2.45. The number of halogens is 1. The van der Waals surface area contributed by atoms with Crippen LogP contribution in [-0.4, -0.2) is 25.8 Å².